The maximum Gasteiger partial charge on any atom is 0.259 e. The maximum absolute atomic E-state index is 13.5. The quantitative estimate of drug-likeness (QED) is 0.199. The summed E-state index contributed by atoms with van der Waals surface area (Å²) in [5.74, 6) is -0.921. The molecule has 3 aromatic heterocycles. The van der Waals surface area contributed by atoms with Crippen LogP contribution in [0.5, 0.6) is 5.75 Å². The van der Waals surface area contributed by atoms with Crippen LogP contribution in [-0.4, -0.2) is 35.7 Å². The van der Waals surface area contributed by atoms with Crippen LogP contribution in [-0.2, 0) is 4.79 Å². The number of fused-ring (bicyclic) bond motifs is 2. The Labute approximate surface area is 228 Å². The number of H-pyrrole nitrogens is 1. The van der Waals surface area contributed by atoms with E-state index in [2.05, 4.69) is 35.6 Å². The molecule has 1 amide bonds. The number of aromatic hydroxyl groups is 1. The first kappa shape index (κ1) is 24.6. The summed E-state index contributed by atoms with van der Waals surface area (Å²) >= 11 is 1.34. The second kappa shape index (κ2) is 10.2. The van der Waals surface area contributed by atoms with E-state index in [1.165, 1.54) is 34.3 Å². The van der Waals surface area contributed by atoms with E-state index in [1.54, 1.807) is 36.4 Å². The molecule has 0 saturated heterocycles. The van der Waals surface area contributed by atoms with Crippen LogP contribution in [0.3, 0.4) is 0 Å². The van der Waals surface area contributed by atoms with Gasteiger partial charge >= 0.3 is 0 Å². The van der Waals surface area contributed by atoms with E-state index in [0.717, 1.165) is 10.2 Å². The van der Waals surface area contributed by atoms with Crippen molar-refractivity contribution in [2.75, 3.05) is 5.32 Å². The molecule has 0 aliphatic rings. The first-order valence-corrected chi connectivity index (χ1v) is 12.7. The number of anilines is 1. The molecule has 0 bridgehead atoms. The first-order valence-electron chi connectivity index (χ1n) is 11.8. The number of nitriles is 1. The number of azo groups is 1. The molecule has 3 N–H and O–H groups in total. The summed E-state index contributed by atoms with van der Waals surface area (Å²) in [6.45, 7) is 0. The number of hydrogen-bond acceptors (Lipinski definition) is 10. The molecule has 6 rings (SSSR count). The molecule has 0 aliphatic heterocycles. The zero-order chi connectivity index (χ0) is 27.6. The number of nitrogens with zero attached hydrogens (tertiary/aromatic N) is 7. The number of thiazole rings is 1. The van der Waals surface area contributed by atoms with Gasteiger partial charge < -0.3 is 15.4 Å². The van der Waals surface area contributed by atoms with E-state index >= 15 is 0 Å². The lowest BCUT2D eigenvalue weighted by Crippen LogP contribution is -2.24. The van der Waals surface area contributed by atoms with E-state index in [-0.39, 0.29) is 28.6 Å². The van der Waals surface area contributed by atoms with Crippen LogP contribution >= 0.6 is 11.3 Å². The van der Waals surface area contributed by atoms with Crippen molar-refractivity contribution in [3.8, 4) is 17.0 Å². The van der Waals surface area contributed by atoms with Crippen LogP contribution in [0.15, 0.2) is 94.0 Å². The zero-order valence-electron chi connectivity index (χ0n) is 20.4. The summed E-state index contributed by atoms with van der Waals surface area (Å²) in [6, 6.07) is 20.9. The molecule has 1 unspecified atom stereocenters. The summed E-state index contributed by atoms with van der Waals surface area (Å²) in [4.78, 5) is 37.9. The second-order valence-electron chi connectivity index (χ2n) is 8.46. The van der Waals surface area contributed by atoms with Crippen LogP contribution in [0.2, 0.25) is 0 Å². The van der Waals surface area contributed by atoms with Crippen molar-refractivity contribution in [1.29, 1.82) is 5.26 Å². The third-order valence-corrected chi connectivity index (χ3v) is 6.91. The average Bonchev–Trinajstić information content (AvgIpc) is 3.58. The van der Waals surface area contributed by atoms with Crippen molar-refractivity contribution < 1.29 is 9.90 Å². The van der Waals surface area contributed by atoms with Crippen molar-refractivity contribution >= 4 is 49.9 Å². The number of aromatic nitrogens is 5. The minimum atomic E-state index is -1.46. The van der Waals surface area contributed by atoms with Gasteiger partial charge in [0.2, 0.25) is 11.2 Å². The number of carbonyl (C=O) groups is 1. The molecular formula is C27H17N9O3S. The number of aromatic amines is 1. The molecule has 0 spiro atoms. The lowest BCUT2D eigenvalue weighted by molar-refractivity contribution is -0.117. The Balaban J connectivity index is 1.45. The fourth-order valence-corrected chi connectivity index (χ4v) is 4.89. The van der Waals surface area contributed by atoms with Crippen LogP contribution in [0.1, 0.15) is 17.4 Å². The van der Waals surface area contributed by atoms with Gasteiger partial charge in [-0.1, -0.05) is 47.7 Å². The fraction of sp³-hybridized carbons (Fsp3) is 0.0370. The molecule has 0 aliphatic carbocycles. The van der Waals surface area contributed by atoms with Gasteiger partial charge in [0.05, 0.1) is 33.0 Å². The highest BCUT2D eigenvalue weighted by Gasteiger charge is 2.26. The molecule has 0 saturated carbocycles. The number of amides is 1. The van der Waals surface area contributed by atoms with Crippen LogP contribution in [0.25, 0.3) is 26.3 Å². The van der Waals surface area contributed by atoms with Crippen LogP contribution in [0.4, 0.5) is 11.5 Å². The Morgan fingerprint density at radius 1 is 1.05 bits per heavy atom. The molecule has 1 atom stereocenters. The second-order valence-corrected chi connectivity index (χ2v) is 9.47. The van der Waals surface area contributed by atoms with Crippen molar-refractivity contribution in [1.82, 2.24) is 24.7 Å². The molecule has 6 aromatic rings. The Morgan fingerprint density at radius 3 is 2.60 bits per heavy atom. The van der Waals surface area contributed by atoms with Crippen LogP contribution < -0.4 is 10.9 Å². The lowest BCUT2D eigenvalue weighted by atomic mass is 10.2. The smallest absolute Gasteiger partial charge is 0.259 e. The Kier molecular flexibility index (Phi) is 6.27. The topological polar surface area (TPSA) is 174 Å². The molecule has 3 aromatic carbocycles. The molecule has 0 radical (unpaired) electrons. The van der Waals surface area contributed by atoms with Crippen molar-refractivity contribution in [3.63, 3.8) is 0 Å². The number of carbonyl (C=O) groups excluding carboxylic acids is 1. The summed E-state index contributed by atoms with van der Waals surface area (Å²) < 4.78 is 2.27. The zero-order valence-corrected chi connectivity index (χ0v) is 21.2. The predicted molar refractivity (Wildman–Crippen MR) is 148 cm³/mol. The lowest BCUT2D eigenvalue weighted by Gasteiger charge is -2.13. The Hall–Kier alpha value is -5.74. The van der Waals surface area contributed by atoms with Gasteiger partial charge in [-0.2, -0.15) is 20.2 Å². The molecule has 194 valence electrons. The van der Waals surface area contributed by atoms with Crippen LogP contribution in [0, 0.1) is 11.3 Å². The molecule has 40 heavy (non-hydrogen) atoms. The van der Waals surface area contributed by atoms with Crippen molar-refractivity contribution in [2.24, 2.45) is 10.2 Å². The summed E-state index contributed by atoms with van der Waals surface area (Å²) in [6.07, 6.45) is 1.33. The van der Waals surface area contributed by atoms with Gasteiger partial charge in [0.15, 0.2) is 5.82 Å². The number of rotatable bonds is 6. The predicted octanol–water partition coefficient (Wildman–Crippen LogP) is 4.76. The van der Waals surface area contributed by atoms with E-state index < -0.39 is 17.5 Å². The van der Waals surface area contributed by atoms with Gasteiger partial charge in [-0.05, 0) is 36.4 Å². The van der Waals surface area contributed by atoms with E-state index in [0.29, 0.717) is 16.0 Å². The summed E-state index contributed by atoms with van der Waals surface area (Å²) in [5, 5.41) is 36.0. The highest BCUT2D eigenvalue weighted by molar-refractivity contribution is 7.20. The van der Waals surface area contributed by atoms with E-state index in [4.69, 9.17) is 0 Å². The van der Waals surface area contributed by atoms with E-state index in [9.17, 15) is 20.0 Å². The van der Waals surface area contributed by atoms with Crippen molar-refractivity contribution in [2.45, 2.75) is 6.04 Å². The van der Waals surface area contributed by atoms with Crippen molar-refractivity contribution in [3.05, 3.63) is 101 Å². The largest absolute Gasteiger partial charge is 0.506 e. The number of phenols is 1. The molecule has 12 nitrogen and oxygen atoms in total. The minimum Gasteiger partial charge on any atom is -0.506 e. The molecule has 13 heteroatoms. The number of phenolic OH excluding ortho intramolecular Hbond substituents is 1. The number of hydrogen-bond donors (Lipinski definition) is 3. The van der Waals surface area contributed by atoms with Gasteiger partial charge in [-0.25, -0.2) is 9.97 Å². The van der Waals surface area contributed by atoms with Gasteiger partial charge in [0.1, 0.15) is 23.2 Å². The Morgan fingerprint density at radius 2 is 1.80 bits per heavy atom. The maximum atomic E-state index is 13.5. The summed E-state index contributed by atoms with van der Waals surface area (Å²) in [5.41, 5.74) is 0.871. The standard InChI is InChI=1S/C27H17N9O3S/c28-13-15-14-29-36(27-32-19-10-4-6-12-21(19)40-27)24(15)35-34-22(26(39)31-18-9-3-5-11-20(18)37)23-30-17-8-2-1-7-16(17)25(38)33-23/h1-12,14,22,37H,(H,31,39)(H,30,33,38). The monoisotopic (exact) mass is 547 g/mol. The summed E-state index contributed by atoms with van der Waals surface area (Å²) in [7, 11) is 0. The first-order chi connectivity index (χ1) is 19.5. The third kappa shape index (κ3) is 4.55. The molecule has 3 heterocycles. The molecule has 0 fully saturated rings. The number of nitrogens with one attached hydrogen (secondary N) is 2. The van der Waals surface area contributed by atoms with Gasteiger partial charge in [-0.15, -0.1) is 5.11 Å². The number of para-hydroxylation sites is 4. The third-order valence-electron chi connectivity index (χ3n) is 5.90. The normalized spacial score (nSPS) is 12.1. The Bertz CT molecular complexity index is 2000. The van der Waals surface area contributed by atoms with Gasteiger partial charge in [0, 0.05) is 0 Å². The highest BCUT2D eigenvalue weighted by atomic mass is 32.1. The number of benzene rings is 3. The molecular weight excluding hydrogens is 530 g/mol. The average molecular weight is 548 g/mol. The van der Waals surface area contributed by atoms with E-state index in [1.807, 2.05) is 30.3 Å². The SMILES string of the molecule is N#Cc1cnn(-c2nc3ccccc3s2)c1N=NC(C(=O)Nc1ccccc1O)c1nc2ccccc2c(=O)[nH]1. The highest BCUT2D eigenvalue weighted by Crippen LogP contribution is 2.31. The van der Waals surface area contributed by atoms with Gasteiger partial charge in [-0.3, -0.25) is 9.59 Å². The fourth-order valence-electron chi connectivity index (χ4n) is 3.97. The minimum absolute atomic E-state index is 0.0463. The van der Waals surface area contributed by atoms with Gasteiger partial charge in [0.25, 0.3) is 11.5 Å².